The Hall–Kier alpha value is -1.06. The molecule has 1 aromatic carbocycles. The standard InChI is InChI=1S/C26H47N5O.HI/c1-7-27-26(29-21(4)12-10-19-31(8-2)9-3)28-20-23-13-11-18-30(5)25(23)22-14-16-24(32-6)17-15-22;/h14-17,21,23,25H,7-13,18-20H2,1-6H3,(H2,27,28,29);1H. The first kappa shape index (κ1) is 30.0. The highest BCUT2D eigenvalue weighted by Crippen LogP contribution is 2.35. The number of hydrogen-bond donors (Lipinski definition) is 2. The quantitative estimate of drug-likeness (QED) is 0.215. The summed E-state index contributed by atoms with van der Waals surface area (Å²) in [5.74, 6) is 2.37. The van der Waals surface area contributed by atoms with E-state index in [4.69, 9.17) is 9.73 Å². The minimum Gasteiger partial charge on any atom is -0.497 e. The molecule has 1 saturated heterocycles. The monoisotopic (exact) mass is 573 g/mol. The van der Waals surface area contributed by atoms with Crippen molar-refractivity contribution in [2.75, 3.05) is 53.4 Å². The van der Waals surface area contributed by atoms with Crippen molar-refractivity contribution in [3.63, 3.8) is 0 Å². The van der Waals surface area contributed by atoms with Crippen molar-refractivity contribution in [3.8, 4) is 5.75 Å². The Labute approximate surface area is 219 Å². The summed E-state index contributed by atoms with van der Waals surface area (Å²) < 4.78 is 5.35. The van der Waals surface area contributed by atoms with Crippen molar-refractivity contribution in [3.05, 3.63) is 29.8 Å². The molecule has 0 bridgehead atoms. The van der Waals surface area contributed by atoms with Crippen LogP contribution in [-0.2, 0) is 0 Å². The van der Waals surface area contributed by atoms with E-state index in [0.717, 1.165) is 50.9 Å². The molecule has 1 aromatic rings. The topological polar surface area (TPSA) is 52.1 Å². The number of ether oxygens (including phenoxy) is 1. The fourth-order valence-corrected chi connectivity index (χ4v) is 4.77. The van der Waals surface area contributed by atoms with Crippen LogP contribution >= 0.6 is 24.0 Å². The first-order valence-electron chi connectivity index (χ1n) is 12.6. The SMILES string of the molecule is CCNC(=NCC1CCCN(C)C1c1ccc(OC)cc1)NC(C)CCCN(CC)CC.I. The highest BCUT2D eigenvalue weighted by molar-refractivity contribution is 14.0. The van der Waals surface area contributed by atoms with E-state index in [-0.39, 0.29) is 24.0 Å². The van der Waals surface area contributed by atoms with Gasteiger partial charge in [0.05, 0.1) is 7.11 Å². The van der Waals surface area contributed by atoms with E-state index in [0.29, 0.717) is 18.0 Å². The number of benzene rings is 1. The first-order chi connectivity index (χ1) is 15.5. The van der Waals surface area contributed by atoms with Crippen LogP contribution in [0.1, 0.15) is 65.0 Å². The van der Waals surface area contributed by atoms with Gasteiger partial charge < -0.3 is 20.3 Å². The summed E-state index contributed by atoms with van der Waals surface area (Å²) in [5, 5.41) is 7.09. The zero-order valence-corrected chi connectivity index (χ0v) is 24.1. The Morgan fingerprint density at radius 2 is 1.91 bits per heavy atom. The third-order valence-electron chi connectivity index (χ3n) is 6.68. The van der Waals surface area contributed by atoms with E-state index in [2.05, 4.69) is 79.4 Å². The van der Waals surface area contributed by atoms with Crippen molar-refractivity contribution in [2.24, 2.45) is 10.9 Å². The van der Waals surface area contributed by atoms with E-state index in [9.17, 15) is 0 Å². The van der Waals surface area contributed by atoms with Crippen LogP contribution in [0.15, 0.2) is 29.3 Å². The average Bonchev–Trinajstić information content (AvgIpc) is 2.80. The van der Waals surface area contributed by atoms with Gasteiger partial charge in [-0.2, -0.15) is 0 Å². The number of piperidine rings is 1. The Kier molecular flexibility index (Phi) is 15.0. The summed E-state index contributed by atoms with van der Waals surface area (Å²) in [7, 11) is 3.96. The molecule has 6 nitrogen and oxygen atoms in total. The number of halogens is 1. The third-order valence-corrected chi connectivity index (χ3v) is 6.68. The second-order valence-electron chi connectivity index (χ2n) is 9.04. The Morgan fingerprint density at radius 3 is 2.52 bits per heavy atom. The van der Waals surface area contributed by atoms with Crippen molar-refractivity contribution < 1.29 is 4.74 Å². The van der Waals surface area contributed by atoms with Gasteiger partial charge >= 0.3 is 0 Å². The summed E-state index contributed by atoms with van der Waals surface area (Å²) in [6, 6.07) is 9.38. The van der Waals surface area contributed by atoms with Crippen molar-refractivity contribution in [1.82, 2.24) is 20.4 Å². The van der Waals surface area contributed by atoms with Crippen molar-refractivity contribution in [1.29, 1.82) is 0 Å². The van der Waals surface area contributed by atoms with Crippen molar-refractivity contribution in [2.45, 2.75) is 65.5 Å². The van der Waals surface area contributed by atoms with E-state index in [1.54, 1.807) is 7.11 Å². The number of likely N-dealkylation sites (tertiary alicyclic amines) is 1. The van der Waals surface area contributed by atoms with Gasteiger partial charge in [-0.3, -0.25) is 9.89 Å². The number of methoxy groups -OCH3 is 1. The minimum absolute atomic E-state index is 0. The molecule has 0 aromatic heterocycles. The second-order valence-corrected chi connectivity index (χ2v) is 9.04. The highest BCUT2D eigenvalue weighted by atomic mass is 127. The molecule has 0 aliphatic carbocycles. The summed E-state index contributed by atoms with van der Waals surface area (Å²) in [6.07, 6.45) is 4.81. The zero-order valence-electron chi connectivity index (χ0n) is 21.8. The number of guanidine groups is 1. The van der Waals surface area contributed by atoms with Gasteiger partial charge in [0.1, 0.15) is 5.75 Å². The Balaban J connectivity index is 0.00000544. The van der Waals surface area contributed by atoms with Crippen LogP contribution < -0.4 is 15.4 Å². The van der Waals surface area contributed by atoms with Crippen LogP contribution in [0.4, 0.5) is 0 Å². The van der Waals surface area contributed by atoms with Crippen LogP contribution in [0.3, 0.4) is 0 Å². The van der Waals surface area contributed by atoms with Crippen LogP contribution in [-0.4, -0.2) is 75.2 Å². The summed E-state index contributed by atoms with van der Waals surface area (Å²) in [5.41, 5.74) is 1.36. The fourth-order valence-electron chi connectivity index (χ4n) is 4.77. The smallest absolute Gasteiger partial charge is 0.191 e. The maximum Gasteiger partial charge on any atom is 0.191 e. The zero-order chi connectivity index (χ0) is 23.3. The predicted molar refractivity (Wildman–Crippen MR) is 152 cm³/mol. The molecule has 33 heavy (non-hydrogen) atoms. The predicted octanol–water partition coefficient (Wildman–Crippen LogP) is 4.76. The summed E-state index contributed by atoms with van der Waals surface area (Å²) in [4.78, 5) is 10.0. The van der Waals surface area contributed by atoms with Gasteiger partial charge in [0.25, 0.3) is 0 Å². The van der Waals surface area contributed by atoms with Crippen LogP contribution in [0, 0.1) is 5.92 Å². The van der Waals surface area contributed by atoms with Crippen LogP contribution in [0.25, 0.3) is 0 Å². The van der Waals surface area contributed by atoms with E-state index < -0.39 is 0 Å². The molecule has 0 saturated carbocycles. The summed E-state index contributed by atoms with van der Waals surface area (Å²) in [6.45, 7) is 15.2. The lowest BCUT2D eigenvalue weighted by atomic mass is 9.85. The maximum atomic E-state index is 5.35. The van der Waals surface area contributed by atoms with Gasteiger partial charge in [-0.15, -0.1) is 24.0 Å². The van der Waals surface area contributed by atoms with Gasteiger partial charge in [0, 0.05) is 25.2 Å². The third kappa shape index (κ3) is 9.99. The minimum atomic E-state index is 0. The lowest BCUT2D eigenvalue weighted by Gasteiger charge is -2.39. The number of nitrogens with zero attached hydrogens (tertiary/aromatic N) is 3. The molecule has 0 amide bonds. The second kappa shape index (κ2) is 16.5. The Bertz CT molecular complexity index is 665. The molecule has 3 atom stereocenters. The van der Waals surface area contributed by atoms with Gasteiger partial charge in [-0.05, 0) is 96.4 Å². The lowest BCUT2D eigenvalue weighted by Crippen LogP contribution is -2.43. The molecule has 1 aliphatic heterocycles. The molecule has 2 N–H and O–H groups in total. The lowest BCUT2D eigenvalue weighted by molar-refractivity contribution is 0.125. The fraction of sp³-hybridized carbons (Fsp3) is 0.731. The summed E-state index contributed by atoms with van der Waals surface area (Å²) >= 11 is 0. The number of rotatable bonds is 12. The van der Waals surface area contributed by atoms with Crippen molar-refractivity contribution >= 4 is 29.9 Å². The normalized spacial score (nSPS) is 20.3. The van der Waals surface area contributed by atoms with Crippen LogP contribution in [0.2, 0.25) is 0 Å². The molecule has 1 aliphatic rings. The average molecular weight is 574 g/mol. The molecule has 190 valence electrons. The molecule has 0 radical (unpaired) electrons. The van der Waals surface area contributed by atoms with Gasteiger partial charge in [0.2, 0.25) is 0 Å². The molecule has 1 heterocycles. The number of hydrogen-bond acceptors (Lipinski definition) is 4. The van der Waals surface area contributed by atoms with Gasteiger partial charge in [-0.1, -0.05) is 26.0 Å². The molecule has 1 fully saturated rings. The molecular formula is C26H48IN5O. The number of nitrogens with one attached hydrogen (secondary N) is 2. The van der Waals surface area contributed by atoms with Gasteiger partial charge in [0.15, 0.2) is 5.96 Å². The Morgan fingerprint density at radius 1 is 1.21 bits per heavy atom. The van der Waals surface area contributed by atoms with E-state index in [1.807, 2.05) is 0 Å². The molecule has 0 spiro atoms. The highest BCUT2D eigenvalue weighted by Gasteiger charge is 2.30. The number of aliphatic imine (C=N–C) groups is 1. The molecular weight excluding hydrogens is 525 g/mol. The van der Waals surface area contributed by atoms with Crippen LogP contribution in [0.5, 0.6) is 5.75 Å². The van der Waals surface area contributed by atoms with E-state index >= 15 is 0 Å². The molecule has 3 unspecified atom stereocenters. The van der Waals surface area contributed by atoms with E-state index in [1.165, 1.54) is 31.4 Å². The molecule has 7 heteroatoms. The largest absolute Gasteiger partial charge is 0.497 e. The maximum absolute atomic E-state index is 5.35. The molecule has 2 rings (SSSR count). The van der Waals surface area contributed by atoms with Gasteiger partial charge in [-0.25, -0.2) is 0 Å². The first-order valence-corrected chi connectivity index (χ1v) is 12.6.